The second-order valence-corrected chi connectivity index (χ2v) is 2.55. The smallest absolute Gasteiger partial charge is 0.234 e. The summed E-state index contributed by atoms with van der Waals surface area (Å²) in [6, 6.07) is -0.426. The lowest BCUT2D eigenvalue weighted by atomic mass is 10.2. The summed E-state index contributed by atoms with van der Waals surface area (Å²) in [6.45, 7) is -0.153. The Balaban J connectivity index is 3.59. The van der Waals surface area contributed by atoms with E-state index in [0.717, 1.165) is 0 Å². The molecule has 0 fully saturated rings. The van der Waals surface area contributed by atoms with Gasteiger partial charge in [-0.2, -0.15) is 0 Å². The Morgan fingerprint density at radius 2 is 2.17 bits per heavy atom. The molecule has 0 saturated heterocycles. The topological polar surface area (TPSA) is 81.1 Å². The number of nitrogens with one attached hydrogen (secondary N) is 1. The molecule has 1 atom stereocenters. The van der Waals surface area contributed by atoms with E-state index in [-0.39, 0.29) is 12.5 Å². The van der Waals surface area contributed by atoms with E-state index in [1.54, 1.807) is 0 Å². The van der Waals surface area contributed by atoms with Gasteiger partial charge < -0.3 is 16.8 Å². The van der Waals surface area contributed by atoms with E-state index in [4.69, 9.17) is 11.5 Å². The van der Waals surface area contributed by atoms with Gasteiger partial charge in [-0.15, -0.1) is 0 Å². The van der Waals surface area contributed by atoms with Gasteiger partial charge in [0.25, 0.3) is 0 Å². The lowest BCUT2D eigenvalue weighted by Crippen LogP contribution is -2.40. The maximum Gasteiger partial charge on any atom is 0.234 e. The molecule has 72 valence electrons. The quantitative estimate of drug-likeness (QED) is 0.493. The van der Waals surface area contributed by atoms with E-state index in [1.165, 1.54) is 0 Å². The molecule has 0 aliphatic carbocycles. The SMILES string of the molecule is NCCCC(CF)NC(=O)CN. The van der Waals surface area contributed by atoms with Gasteiger partial charge >= 0.3 is 0 Å². The number of amides is 1. The van der Waals surface area contributed by atoms with Crippen LogP contribution in [0, 0.1) is 0 Å². The Kier molecular flexibility index (Phi) is 6.60. The highest BCUT2D eigenvalue weighted by atomic mass is 19.1. The van der Waals surface area contributed by atoms with Gasteiger partial charge in [0, 0.05) is 0 Å². The second-order valence-electron chi connectivity index (χ2n) is 2.55. The van der Waals surface area contributed by atoms with Gasteiger partial charge in [0.05, 0.1) is 12.6 Å². The number of rotatable bonds is 6. The summed E-state index contributed by atoms with van der Waals surface area (Å²) >= 11 is 0. The lowest BCUT2D eigenvalue weighted by Gasteiger charge is -2.13. The normalized spacial score (nSPS) is 12.6. The maximum atomic E-state index is 12.2. The Labute approximate surface area is 71.5 Å². The molecule has 1 amide bonds. The van der Waals surface area contributed by atoms with Crippen LogP contribution < -0.4 is 16.8 Å². The van der Waals surface area contributed by atoms with E-state index in [2.05, 4.69) is 5.32 Å². The molecule has 0 spiro atoms. The average Bonchev–Trinajstić information content (AvgIpc) is 2.11. The van der Waals surface area contributed by atoms with Gasteiger partial charge in [-0.1, -0.05) is 0 Å². The first-order chi connectivity index (χ1) is 5.74. The molecular weight excluding hydrogens is 161 g/mol. The zero-order chi connectivity index (χ0) is 9.40. The minimum Gasteiger partial charge on any atom is -0.350 e. The summed E-state index contributed by atoms with van der Waals surface area (Å²) in [7, 11) is 0. The van der Waals surface area contributed by atoms with Crippen LogP contribution in [0.5, 0.6) is 0 Å². The zero-order valence-electron chi connectivity index (χ0n) is 7.05. The van der Waals surface area contributed by atoms with Crippen LogP contribution >= 0.6 is 0 Å². The Morgan fingerprint density at radius 1 is 1.50 bits per heavy atom. The maximum absolute atomic E-state index is 12.2. The summed E-state index contributed by atoms with van der Waals surface area (Å²) in [5.74, 6) is -0.324. The van der Waals surface area contributed by atoms with Crippen LogP contribution in [0.15, 0.2) is 0 Å². The highest BCUT2D eigenvalue weighted by molar-refractivity contribution is 5.78. The number of carbonyl (C=O) groups is 1. The first-order valence-corrected chi connectivity index (χ1v) is 4.00. The van der Waals surface area contributed by atoms with Crippen molar-refractivity contribution in [2.75, 3.05) is 19.8 Å². The van der Waals surface area contributed by atoms with Crippen LogP contribution in [-0.4, -0.2) is 31.7 Å². The van der Waals surface area contributed by atoms with Gasteiger partial charge in [0.15, 0.2) is 0 Å². The van der Waals surface area contributed by atoms with Crippen LogP contribution in [-0.2, 0) is 4.79 Å². The first kappa shape index (κ1) is 11.3. The molecular formula is C7H16FN3O. The Hall–Kier alpha value is -0.680. The van der Waals surface area contributed by atoms with Crippen molar-refractivity contribution >= 4 is 5.91 Å². The van der Waals surface area contributed by atoms with Crippen molar-refractivity contribution in [3.8, 4) is 0 Å². The predicted molar refractivity (Wildman–Crippen MR) is 45.2 cm³/mol. The van der Waals surface area contributed by atoms with Crippen molar-refractivity contribution in [2.24, 2.45) is 11.5 Å². The van der Waals surface area contributed by atoms with Crippen LogP contribution in [0.4, 0.5) is 4.39 Å². The predicted octanol–water partition coefficient (Wildman–Crippen LogP) is -0.862. The number of carbonyl (C=O) groups excluding carboxylic acids is 1. The van der Waals surface area contributed by atoms with Crippen LogP contribution in [0.3, 0.4) is 0 Å². The van der Waals surface area contributed by atoms with Gasteiger partial charge in [0.2, 0.25) is 5.91 Å². The fourth-order valence-corrected chi connectivity index (χ4v) is 0.839. The van der Waals surface area contributed by atoms with Gasteiger partial charge in [-0.3, -0.25) is 4.79 Å². The third-order valence-electron chi connectivity index (χ3n) is 1.49. The highest BCUT2D eigenvalue weighted by Gasteiger charge is 2.09. The van der Waals surface area contributed by atoms with Crippen molar-refractivity contribution < 1.29 is 9.18 Å². The molecule has 0 bridgehead atoms. The molecule has 0 aromatic rings. The molecule has 4 nitrogen and oxygen atoms in total. The van der Waals surface area contributed by atoms with Crippen LogP contribution in [0.2, 0.25) is 0 Å². The summed E-state index contributed by atoms with van der Waals surface area (Å²) in [5.41, 5.74) is 10.3. The summed E-state index contributed by atoms with van der Waals surface area (Å²) in [6.07, 6.45) is 1.28. The summed E-state index contributed by atoms with van der Waals surface area (Å²) in [4.78, 5) is 10.7. The lowest BCUT2D eigenvalue weighted by molar-refractivity contribution is -0.120. The minimum atomic E-state index is -0.564. The molecule has 5 N–H and O–H groups in total. The monoisotopic (exact) mass is 177 g/mol. The third kappa shape index (κ3) is 5.03. The molecule has 0 radical (unpaired) electrons. The van der Waals surface area contributed by atoms with Crippen molar-refractivity contribution in [1.29, 1.82) is 0 Å². The number of hydrogen-bond donors (Lipinski definition) is 3. The van der Waals surface area contributed by atoms with Gasteiger partial charge in [-0.25, -0.2) is 4.39 Å². The fourth-order valence-electron chi connectivity index (χ4n) is 0.839. The molecule has 0 heterocycles. The Morgan fingerprint density at radius 3 is 2.58 bits per heavy atom. The molecule has 5 heteroatoms. The van der Waals surface area contributed by atoms with Crippen molar-refractivity contribution in [1.82, 2.24) is 5.32 Å². The largest absolute Gasteiger partial charge is 0.350 e. The zero-order valence-corrected chi connectivity index (χ0v) is 7.05. The molecule has 0 saturated carbocycles. The Bertz CT molecular complexity index is 132. The second kappa shape index (κ2) is 7.00. The molecule has 0 aliphatic rings. The van der Waals surface area contributed by atoms with Gasteiger partial charge in [0.1, 0.15) is 6.67 Å². The van der Waals surface area contributed by atoms with Crippen molar-refractivity contribution in [3.05, 3.63) is 0 Å². The van der Waals surface area contributed by atoms with Crippen molar-refractivity contribution in [3.63, 3.8) is 0 Å². The van der Waals surface area contributed by atoms with E-state index in [9.17, 15) is 9.18 Å². The molecule has 0 aromatic carbocycles. The molecule has 0 aromatic heterocycles. The third-order valence-corrected chi connectivity index (χ3v) is 1.49. The number of alkyl halides is 1. The van der Waals surface area contributed by atoms with Crippen LogP contribution in [0.1, 0.15) is 12.8 Å². The van der Waals surface area contributed by atoms with E-state index < -0.39 is 12.7 Å². The van der Waals surface area contributed by atoms with E-state index >= 15 is 0 Å². The number of nitrogens with two attached hydrogens (primary N) is 2. The standard InChI is InChI=1S/C7H16FN3O/c8-4-6(2-1-3-9)11-7(12)5-10/h6H,1-5,9-10H2,(H,11,12). The minimum absolute atomic E-state index is 0.0981. The van der Waals surface area contributed by atoms with E-state index in [1.807, 2.05) is 0 Å². The number of hydrogen-bond acceptors (Lipinski definition) is 3. The fraction of sp³-hybridized carbons (Fsp3) is 0.857. The van der Waals surface area contributed by atoms with Gasteiger partial charge in [-0.05, 0) is 19.4 Å². The van der Waals surface area contributed by atoms with Crippen LogP contribution in [0.25, 0.3) is 0 Å². The average molecular weight is 177 g/mol. The first-order valence-electron chi connectivity index (χ1n) is 4.00. The summed E-state index contributed by atoms with van der Waals surface area (Å²) in [5, 5.41) is 2.46. The molecule has 0 aliphatic heterocycles. The van der Waals surface area contributed by atoms with E-state index in [0.29, 0.717) is 19.4 Å². The summed E-state index contributed by atoms with van der Waals surface area (Å²) < 4.78 is 12.2. The number of halogens is 1. The van der Waals surface area contributed by atoms with Crippen molar-refractivity contribution in [2.45, 2.75) is 18.9 Å². The highest BCUT2D eigenvalue weighted by Crippen LogP contribution is 1.96. The molecule has 1 unspecified atom stereocenters. The molecule has 12 heavy (non-hydrogen) atoms. The molecule has 0 rings (SSSR count).